The third-order valence-corrected chi connectivity index (χ3v) is 5.55. The van der Waals surface area contributed by atoms with Gasteiger partial charge in [-0.05, 0) is 30.7 Å². The standard InChI is InChI=1S/C19H12Cl3F4N3O3/c20-10-2-1-7(27-17(31)9-6-19(9,21)22)3-8(10)16(30)28-13-5-14(12(24)4-11(13)23)29-18(32)15(25)26/h1-5,9,15H,6H2,(H,27,31)(H,28,30)(H,29,32). The topological polar surface area (TPSA) is 87.3 Å². The fraction of sp³-hybridized carbons (Fsp3) is 0.211. The molecule has 32 heavy (non-hydrogen) atoms. The van der Waals surface area contributed by atoms with E-state index >= 15 is 0 Å². The van der Waals surface area contributed by atoms with Gasteiger partial charge in [0.25, 0.3) is 11.8 Å². The zero-order chi connectivity index (χ0) is 23.8. The molecule has 3 amide bonds. The number of rotatable bonds is 6. The number of benzene rings is 2. The van der Waals surface area contributed by atoms with E-state index in [4.69, 9.17) is 34.8 Å². The second-order valence-electron chi connectivity index (χ2n) is 6.76. The van der Waals surface area contributed by atoms with E-state index in [-0.39, 0.29) is 22.7 Å². The highest BCUT2D eigenvalue weighted by atomic mass is 35.5. The van der Waals surface area contributed by atoms with E-state index in [1.807, 2.05) is 0 Å². The highest BCUT2D eigenvalue weighted by Gasteiger charge is 2.56. The first-order valence-corrected chi connectivity index (χ1v) is 9.90. The fourth-order valence-electron chi connectivity index (χ4n) is 2.62. The quantitative estimate of drug-likeness (QED) is 0.367. The summed E-state index contributed by atoms with van der Waals surface area (Å²) < 4.78 is 51.5. The number of hydrogen-bond acceptors (Lipinski definition) is 3. The molecule has 6 nitrogen and oxygen atoms in total. The van der Waals surface area contributed by atoms with Crippen LogP contribution < -0.4 is 16.0 Å². The van der Waals surface area contributed by atoms with Crippen molar-refractivity contribution in [2.75, 3.05) is 16.0 Å². The van der Waals surface area contributed by atoms with E-state index in [0.717, 1.165) is 0 Å². The molecule has 1 atom stereocenters. The van der Waals surface area contributed by atoms with Gasteiger partial charge in [-0.15, -0.1) is 23.2 Å². The minimum atomic E-state index is -3.44. The molecule has 0 aliphatic heterocycles. The van der Waals surface area contributed by atoms with Crippen molar-refractivity contribution in [2.24, 2.45) is 5.92 Å². The predicted molar refractivity (Wildman–Crippen MR) is 112 cm³/mol. The number of halogens is 7. The van der Waals surface area contributed by atoms with Gasteiger partial charge in [0.1, 0.15) is 16.0 Å². The molecule has 2 aromatic carbocycles. The Balaban J connectivity index is 1.79. The van der Waals surface area contributed by atoms with E-state index in [9.17, 15) is 31.9 Å². The molecule has 3 rings (SSSR count). The van der Waals surface area contributed by atoms with Gasteiger partial charge in [-0.3, -0.25) is 14.4 Å². The highest BCUT2D eigenvalue weighted by Crippen LogP contribution is 2.53. The van der Waals surface area contributed by atoms with Gasteiger partial charge in [0, 0.05) is 11.8 Å². The first-order valence-electron chi connectivity index (χ1n) is 8.76. The summed E-state index contributed by atoms with van der Waals surface area (Å²) in [6.45, 7) is 0. The summed E-state index contributed by atoms with van der Waals surface area (Å²) in [5.41, 5.74) is -1.40. The molecule has 1 unspecified atom stereocenters. The molecule has 1 fully saturated rings. The Morgan fingerprint density at radius 1 is 0.969 bits per heavy atom. The van der Waals surface area contributed by atoms with Gasteiger partial charge in [0.2, 0.25) is 5.91 Å². The summed E-state index contributed by atoms with van der Waals surface area (Å²) in [4.78, 5) is 35.8. The van der Waals surface area contributed by atoms with Crippen molar-refractivity contribution in [3.05, 3.63) is 52.6 Å². The summed E-state index contributed by atoms with van der Waals surface area (Å²) in [7, 11) is 0. The molecule has 3 N–H and O–H groups in total. The molecule has 1 aliphatic rings. The molecule has 1 aliphatic carbocycles. The van der Waals surface area contributed by atoms with E-state index in [0.29, 0.717) is 12.1 Å². The number of alkyl halides is 4. The Morgan fingerprint density at radius 3 is 2.12 bits per heavy atom. The van der Waals surface area contributed by atoms with Gasteiger partial charge in [-0.25, -0.2) is 8.78 Å². The van der Waals surface area contributed by atoms with Gasteiger partial charge in [-0.2, -0.15) is 8.78 Å². The van der Waals surface area contributed by atoms with Gasteiger partial charge >= 0.3 is 6.43 Å². The van der Waals surface area contributed by atoms with Gasteiger partial charge in [-0.1, -0.05) is 11.6 Å². The Labute approximate surface area is 193 Å². The maximum absolute atomic E-state index is 14.1. The van der Waals surface area contributed by atoms with Crippen LogP contribution in [0.5, 0.6) is 0 Å². The maximum atomic E-state index is 14.1. The maximum Gasteiger partial charge on any atom is 0.315 e. The molecule has 13 heteroatoms. The van der Waals surface area contributed by atoms with Crippen molar-refractivity contribution in [2.45, 2.75) is 17.2 Å². The van der Waals surface area contributed by atoms with Crippen LogP contribution in [0.4, 0.5) is 34.6 Å². The molecule has 0 bridgehead atoms. The van der Waals surface area contributed by atoms with Crippen LogP contribution in [0.25, 0.3) is 0 Å². The lowest BCUT2D eigenvalue weighted by molar-refractivity contribution is -0.126. The molecular weight excluding hydrogens is 501 g/mol. The molecule has 2 aromatic rings. The van der Waals surface area contributed by atoms with Crippen molar-refractivity contribution >= 4 is 69.6 Å². The van der Waals surface area contributed by atoms with Crippen LogP contribution in [0.3, 0.4) is 0 Å². The number of carbonyl (C=O) groups excluding carboxylic acids is 3. The Bertz CT molecular complexity index is 1110. The van der Waals surface area contributed by atoms with Crippen LogP contribution in [-0.4, -0.2) is 28.5 Å². The van der Waals surface area contributed by atoms with Crippen LogP contribution >= 0.6 is 34.8 Å². The summed E-state index contributed by atoms with van der Waals surface area (Å²) in [6, 6.07) is 4.83. The zero-order valence-corrected chi connectivity index (χ0v) is 17.9. The average molecular weight is 513 g/mol. The average Bonchev–Trinajstić information content (AvgIpc) is 3.35. The lowest BCUT2D eigenvalue weighted by Crippen LogP contribution is -2.21. The molecule has 1 saturated carbocycles. The van der Waals surface area contributed by atoms with E-state index in [1.165, 1.54) is 18.2 Å². The highest BCUT2D eigenvalue weighted by molar-refractivity contribution is 6.52. The third-order valence-electron chi connectivity index (χ3n) is 4.38. The molecule has 0 radical (unpaired) electrons. The Hall–Kier alpha value is -2.56. The monoisotopic (exact) mass is 511 g/mol. The lowest BCUT2D eigenvalue weighted by atomic mass is 10.1. The second kappa shape index (κ2) is 9.13. The smallest absolute Gasteiger partial charge is 0.315 e. The van der Waals surface area contributed by atoms with Crippen LogP contribution in [0.2, 0.25) is 5.02 Å². The van der Waals surface area contributed by atoms with Crippen LogP contribution in [-0.2, 0) is 9.59 Å². The molecule has 170 valence electrons. The van der Waals surface area contributed by atoms with Crippen LogP contribution in [0, 0.1) is 17.6 Å². The second-order valence-corrected chi connectivity index (χ2v) is 8.71. The molecule has 0 heterocycles. The number of nitrogens with one attached hydrogen (secondary N) is 3. The van der Waals surface area contributed by atoms with Crippen molar-refractivity contribution in [3.63, 3.8) is 0 Å². The number of amides is 3. The van der Waals surface area contributed by atoms with Crippen LogP contribution in [0.1, 0.15) is 16.8 Å². The summed E-state index contributed by atoms with van der Waals surface area (Å²) >= 11 is 17.7. The Kier molecular flexibility index (Phi) is 6.87. The molecule has 0 aromatic heterocycles. The summed E-state index contributed by atoms with van der Waals surface area (Å²) in [5.74, 6) is -6.44. The number of carbonyl (C=O) groups is 3. The predicted octanol–water partition coefficient (Wildman–Crippen LogP) is 5.21. The van der Waals surface area contributed by atoms with Crippen molar-refractivity contribution in [1.29, 1.82) is 0 Å². The van der Waals surface area contributed by atoms with Crippen molar-refractivity contribution < 1.29 is 31.9 Å². The Morgan fingerprint density at radius 2 is 1.56 bits per heavy atom. The van der Waals surface area contributed by atoms with E-state index < -0.39 is 57.4 Å². The van der Waals surface area contributed by atoms with Crippen molar-refractivity contribution in [3.8, 4) is 0 Å². The minimum Gasteiger partial charge on any atom is -0.326 e. The zero-order valence-electron chi connectivity index (χ0n) is 15.6. The fourth-order valence-corrected chi connectivity index (χ4v) is 3.33. The first kappa shape index (κ1) is 24.1. The largest absolute Gasteiger partial charge is 0.326 e. The number of anilines is 3. The minimum absolute atomic E-state index is 0.0651. The van der Waals surface area contributed by atoms with Gasteiger partial charge in [0.05, 0.1) is 27.9 Å². The summed E-state index contributed by atoms with van der Waals surface area (Å²) in [6.07, 6.45) is -3.18. The first-order chi connectivity index (χ1) is 14.9. The van der Waals surface area contributed by atoms with Gasteiger partial charge in [0.15, 0.2) is 0 Å². The van der Waals surface area contributed by atoms with Crippen LogP contribution in [0.15, 0.2) is 30.3 Å². The van der Waals surface area contributed by atoms with Crippen molar-refractivity contribution in [1.82, 2.24) is 0 Å². The third kappa shape index (κ3) is 5.43. The normalized spacial score (nSPS) is 16.4. The lowest BCUT2D eigenvalue weighted by Gasteiger charge is -2.13. The summed E-state index contributed by atoms with van der Waals surface area (Å²) in [5, 5.41) is 6.14. The van der Waals surface area contributed by atoms with E-state index in [1.54, 1.807) is 5.32 Å². The number of hydrogen-bond donors (Lipinski definition) is 3. The van der Waals surface area contributed by atoms with E-state index in [2.05, 4.69) is 10.6 Å². The van der Waals surface area contributed by atoms with Gasteiger partial charge < -0.3 is 16.0 Å². The SMILES string of the molecule is O=C(Nc1cc(NC(=O)C(F)F)c(F)cc1F)c1cc(NC(=O)C2CC2(Cl)Cl)ccc1Cl. The molecule has 0 spiro atoms. The molecule has 0 saturated heterocycles. The molecular formula is C19H12Cl3F4N3O3.